The van der Waals surface area contributed by atoms with Gasteiger partial charge >= 0.3 is 0 Å². The Labute approximate surface area is 144 Å². The molecule has 0 aliphatic carbocycles. The van der Waals surface area contributed by atoms with Crippen molar-refractivity contribution in [1.82, 2.24) is 0 Å². The average molecular weight is 323 g/mol. The number of amides is 1. The highest BCUT2D eigenvalue weighted by Crippen LogP contribution is 2.33. The number of rotatable bonds is 4. The number of anilines is 1. The zero-order chi connectivity index (χ0) is 17.3. The molecule has 3 nitrogen and oxygen atoms in total. The lowest BCUT2D eigenvalue weighted by molar-refractivity contribution is -0.125. The molecule has 0 unspecified atom stereocenters. The quantitative estimate of drug-likeness (QED) is 0.832. The third kappa shape index (κ3) is 3.03. The molecule has 0 saturated heterocycles. The van der Waals surface area contributed by atoms with Crippen molar-refractivity contribution in [1.29, 1.82) is 0 Å². The van der Waals surface area contributed by atoms with Crippen LogP contribution in [0.3, 0.4) is 0 Å². The number of carbonyl (C=O) groups is 1. The van der Waals surface area contributed by atoms with E-state index in [0.29, 0.717) is 6.42 Å². The molecule has 1 heterocycles. The lowest BCUT2D eigenvalue weighted by atomic mass is 10.1. The predicted octanol–water partition coefficient (Wildman–Crippen LogP) is 4.44. The van der Waals surface area contributed by atoms with Crippen LogP contribution in [-0.2, 0) is 11.2 Å². The first-order valence-electron chi connectivity index (χ1n) is 8.66. The molecule has 0 aromatic heterocycles. The second kappa shape index (κ2) is 6.68. The highest BCUT2D eigenvalue weighted by atomic mass is 16.5. The number of ether oxygens (including phenoxy) is 1. The molecule has 0 saturated carbocycles. The summed E-state index contributed by atoms with van der Waals surface area (Å²) in [5, 5.41) is 0. The van der Waals surface area contributed by atoms with Crippen LogP contribution in [0.15, 0.2) is 42.5 Å². The Morgan fingerprint density at radius 2 is 2.00 bits per heavy atom. The molecule has 0 fully saturated rings. The molecule has 126 valence electrons. The van der Waals surface area contributed by atoms with Crippen LogP contribution < -0.4 is 9.64 Å². The summed E-state index contributed by atoms with van der Waals surface area (Å²) in [7, 11) is 0. The fourth-order valence-electron chi connectivity index (χ4n) is 3.35. The van der Waals surface area contributed by atoms with Gasteiger partial charge in [-0.05, 0) is 62.4 Å². The van der Waals surface area contributed by atoms with E-state index in [1.54, 1.807) is 0 Å². The van der Waals surface area contributed by atoms with Crippen LogP contribution in [0.5, 0.6) is 5.75 Å². The molecule has 3 heteroatoms. The lowest BCUT2D eigenvalue weighted by Crippen LogP contribution is -2.44. The summed E-state index contributed by atoms with van der Waals surface area (Å²) in [5.41, 5.74) is 4.46. The van der Waals surface area contributed by atoms with Crippen LogP contribution in [0.25, 0.3) is 0 Å². The van der Waals surface area contributed by atoms with Gasteiger partial charge in [-0.25, -0.2) is 0 Å². The molecule has 24 heavy (non-hydrogen) atoms. The molecule has 0 radical (unpaired) electrons. The van der Waals surface area contributed by atoms with Gasteiger partial charge in [0.2, 0.25) is 0 Å². The van der Waals surface area contributed by atoms with Crippen molar-refractivity contribution in [2.75, 3.05) is 4.90 Å². The Morgan fingerprint density at radius 1 is 1.25 bits per heavy atom. The molecule has 1 amide bonds. The van der Waals surface area contributed by atoms with Crippen LogP contribution in [0.4, 0.5) is 5.69 Å². The fraction of sp³-hybridized carbons (Fsp3) is 0.381. The van der Waals surface area contributed by atoms with E-state index >= 15 is 0 Å². The summed E-state index contributed by atoms with van der Waals surface area (Å²) in [6, 6.07) is 14.4. The van der Waals surface area contributed by atoms with Crippen molar-refractivity contribution in [3.63, 3.8) is 0 Å². The lowest BCUT2D eigenvalue weighted by Gasteiger charge is -2.28. The second-order valence-corrected chi connectivity index (χ2v) is 6.67. The Bertz CT molecular complexity index is 753. The van der Waals surface area contributed by atoms with Crippen molar-refractivity contribution < 1.29 is 9.53 Å². The number of benzene rings is 2. The zero-order valence-corrected chi connectivity index (χ0v) is 14.9. The maximum Gasteiger partial charge on any atom is 0.268 e. The first-order chi connectivity index (χ1) is 11.5. The van der Waals surface area contributed by atoms with Gasteiger partial charge in [0, 0.05) is 11.7 Å². The third-order valence-corrected chi connectivity index (χ3v) is 4.70. The molecule has 2 aromatic carbocycles. The summed E-state index contributed by atoms with van der Waals surface area (Å²) < 4.78 is 6.12. The minimum Gasteiger partial charge on any atom is -0.480 e. The van der Waals surface area contributed by atoms with Crippen LogP contribution in [-0.4, -0.2) is 18.1 Å². The number of nitrogens with zero attached hydrogens (tertiary/aromatic N) is 1. The van der Waals surface area contributed by atoms with Gasteiger partial charge in [-0.15, -0.1) is 0 Å². The summed E-state index contributed by atoms with van der Waals surface area (Å²) in [4.78, 5) is 15.1. The molecule has 1 aliphatic heterocycles. The second-order valence-electron chi connectivity index (χ2n) is 6.67. The van der Waals surface area contributed by atoms with Crippen molar-refractivity contribution in [3.8, 4) is 5.75 Å². The molecule has 0 spiro atoms. The van der Waals surface area contributed by atoms with Gasteiger partial charge in [-0.2, -0.15) is 0 Å². The summed E-state index contributed by atoms with van der Waals surface area (Å²) in [5.74, 6) is 0.853. The first-order valence-corrected chi connectivity index (χ1v) is 8.66. The van der Waals surface area contributed by atoms with E-state index in [-0.39, 0.29) is 11.9 Å². The Balaban J connectivity index is 1.86. The van der Waals surface area contributed by atoms with Crippen LogP contribution in [0, 0.1) is 13.8 Å². The topological polar surface area (TPSA) is 29.5 Å². The Morgan fingerprint density at radius 3 is 2.75 bits per heavy atom. The largest absolute Gasteiger partial charge is 0.480 e. The molecule has 0 bridgehead atoms. The normalized spacial score (nSPS) is 17.5. The number of para-hydroxylation sites is 1. The first kappa shape index (κ1) is 16.6. The van der Waals surface area contributed by atoms with E-state index in [1.807, 2.05) is 56.0 Å². The van der Waals surface area contributed by atoms with Gasteiger partial charge in [0.15, 0.2) is 6.10 Å². The van der Waals surface area contributed by atoms with Gasteiger partial charge in [0.1, 0.15) is 5.75 Å². The van der Waals surface area contributed by atoms with Gasteiger partial charge in [-0.1, -0.05) is 37.3 Å². The van der Waals surface area contributed by atoms with Crippen molar-refractivity contribution in [3.05, 3.63) is 59.2 Å². The molecule has 0 N–H and O–H groups in total. The van der Waals surface area contributed by atoms with Crippen molar-refractivity contribution in [2.24, 2.45) is 0 Å². The number of hydrogen-bond acceptors (Lipinski definition) is 2. The Kier molecular flexibility index (Phi) is 4.61. The standard InChI is InChI=1S/C21H25NO2/c1-5-19(24-20-12-14(2)10-11-15(20)3)21(23)22-16(4)13-17-8-6-7-9-18(17)22/h6-12,16,19H,5,13H2,1-4H3/t16-,19+/m0/s1. The van der Waals surface area contributed by atoms with E-state index < -0.39 is 6.10 Å². The van der Waals surface area contributed by atoms with Crippen LogP contribution >= 0.6 is 0 Å². The summed E-state index contributed by atoms with van der Waals surface area (Å²) >= 11 is 0. The van der Waals surface area contributed by atoms with Gasteiger partial charge in [0.25, 0.3) is 5.91 Å². The van der Waals surface area contributed by atoms with E-state index in [0.717, 1.165) is 29.0 Å². The molecular formula is C21H25NO2. The number of aryl methyl sites for hydroxylation is 2. The van der Waals surface area contributed by atoms with Crippen molar-refractivity contribution >= 4 is 11.6 Å². The molecule has 3 rings (SSSR count). The monoisotopic (exact) mass is 323 g/mol. The zero-order valence-electron chi connectivity index (χ0n) is 14.9. The van der Waals surface area contributed by atoms with E-state index in [1.165, 1.54) is 5.56 Å². The summed E-state index contributed by atoms with van der Waals surface area (Å²) in [6.45, 7) is 8.15. The highest BCUT2D eigenvalue weighted by molar-refractivity contribution is 5.99. The molecular weight excluding hydrogens is 298 g/mol. The van der Waals surface area contributed by atoms with Gasteiger partial charge in [-0.3, -0.25) is 4.79 Å². The minimum atomic E-state index is -0.459. The minimum absolute atomic E-state index is 0.0517. The fourth-order valence-corrected chi connectivity index (χ4v) is 3.35. The summed E-state index contributed by atoms with van der Waals surface area (Å²) in [6.07, 6.45) is 1.10. The van der Waals surface area contributed by atoms with Crippen LogP contribution in [0.1, 0.15) is 37.0 Å². The predicted molar refractivity (Wildman–Crippen MR) is 97.7 cm³/mol. The number of fused-ring (bicyclic) bond motifs is 1. The maximum atomic E-state index is 13.2. The van der Waals surface area contributed by atoms with Crippen molar-refractivity contribution in [2.45, 2.75) is 52.7 Å². The van der Waals surface area contributed by atoms with E-state index in [9.17, 15) is 4.79 Å². The smallest absolute Gasteiger partial charge is 0.268 e. The molecule has 2 aromatic rings. The number of hydrogen-bond donors (Lipinski definition) is 0. The Hall–Kier alpha value is -2.29. The number of carbonyl (C=O) groups excluding carboxylic acids is 1. The SMILES string of the molecule is CC[C@@H](Oc1cc(C)ccc1C)C(=O)N1c2ccccc2C[C@@H]1C. The highest BCUT2D eigenvalue weighted by Gasteiger charge is 2.35. The molecule has 1 aliphatic rings. The van der Waals surface area contributed by atoms with E-state index in [4.69, 9.17) is 4.74 Å². The maximum absolute atomic E-state index is 13.2. The van der Waals surface area contributed by atoms with Gasteiger partial charge < -0.3 is 9.64 Å². The van der Waals surface area contributed by atoms with E-state index in [2.05, 4.69) is 19.1 Å². The van der Waals surface area contributed by atoms with Crippen LogP contribution in [0.2, 0.25) is 0 Å². The molecule has 2 atom stereocenters. The van der Waals surface area contributed by atoms with Gasteiger partial charge in [0.05, 0.1) is 0 Å². The third-order valence-electron chi connectivity index (χ3n) is 4.70. The average Bonchev–Trinajstić information content (AvgIpc) is 2.90.